The Morgan fingerprint density at radius 1 is 1.42 bits per heavy atom. The molecule has 0 heterocycles. The summed E-state index contributed by atoms with van der Waals surface area (Å²) in [7, 11) is 0. The minimum atomic E-state index is -0.311. The molecule has 0 saturated carbocycles. The summed E-state index contributed by atoms with van der Waals surface area (Å²) in [6.45, 7) is 2.34. The second-order valence-electron chi connectivity index (χ2n) is 2.74. The lowest BCUT2D eigenvalue weighted by molar-refractivity contribution is 0.208. The molecule has 2 nitrogen and oxygen atoms in total. The van der Waals surface area contributed by atoms with Crippen LogP contribution in [0, 0.1) is 0 Å². The molecule has 66 valence electrons. The summed E-state index contributed by atoms with van der Waals surface area (Å²) in [5.74, 6) is 0. The molecule has 0 radical (unpaired) electrons. The lowest BCUT2D eigenvalue weighted by atomic mass is 10.3. The van der Waals surface area contributed by atoms with Gasteiger partial charge in [-0.1, -0.05) is 15.9 Å². The zero-order valence-corrected chi connectivity index (χ0v) is 8.51. The Morgan fingerprint density at radius 2 is 2.00 bits per heavy atom. The average molecular weight is 230 g/mol. The number of rotatable bonds is 3. The Bertz CT molecular complexity index is 233. The number of halogens is 1. The molecular weight excluding hydrogens is 218 g/mol. The van der Waals surface area contributed by atoms with Crippen molar-refractivity contribution in [3.05, 3.63) is 28.7 Å². The van der Waals surface area contributed by atoms with E-state index in [1.807, 2.05) is 24.3 Å². The van der Waals surface area contributed by atoms with Crippen LogP contribution in [0.1, 0.15) is 6.92 Å². The molecule has 0 spiro atoms. The van der Waals surface area contributed by atoms with Crippen LogP contribution in [-0.4, -0.2) is 17.8 Å². The third-order valence-corrected chi connectivity index (χ3v) is 1.97. The molecule has 0 bridgehead atoms. The van der Waals surface area contributed by atoms with Gasteiger partial charge in [-0.05, 0) is 31.2 Å². The van der Waals surface area contributed by atoms with Gasteiger partial charge in [0.2, 0.25) is 0 Å². The van der Waals surface area contributed by atoms with Crippen molar-refractivity contribution >= 4 is 21.6 Å². The van der Waals surface area contributed by atoms with Crippen molar-refractivity contribution < 1.29 is 5.11 Å². The average Bonchev–Trinajstić information content (AvgIpc) is 2.03. The Balaban J connectivity index is 2.48. The number of anilines is 1. The van der Waals surface area contributed by atoms with Crippen LogP contribution in [0.4, 0.5) is 5.69 Å². The Morgan fingerprint density at radius 3 is 2.50 bits per heavy atom. The van der Waals surface area contributed by atoms with Gasteiger partial charge in [0.25, 0.3) is 0 Å². The van der Waals surface area contributed by atoms with Gasteiger partial charge < -0.3 is 10.4 Å². The van der Waals surface area contributed by atoms with E-state index in [1.54, 1.807) is 6.92 Å². The predicted octanol–water partition coefficient (Wildman–Crippen LogP) is 2.24. The van der Waals surface area contributed by atoms with Crippen molar-refractivity contribution in [1.29, 1.82) is 0 Å². The SMILES string of the molecule is C[C@H](O)CNc1ccc(Br)cc1. The fraction of sp³-hybridized carbons (Fsp3) is 0.333. The third-order valence-electron chi connectivity index (χ3n) is 1.45. The summed E-state index contributed by atoms with van der Waals surface area (Å²) in [6.07, 6.45) is -0.311. The lowest BCUT2D eigenvalue weighted by Crippen LogP contribution is -2.15. The van der Waals surface area contributed by atoms with Crippen molar-refractivity contribution in [2.24, 2.45) is 0 Å². The number of hydrogen-bond acceptors (Lipinski definition) is 2. The van der Waals surface area contributed by atoms with Gasteiger partial charge >= 0.3 is 0 Å². The molecule has 0 aliphatic rings. The van der Waals surface area contributed by atoms with E-state index in [2.05, 4.69) is 21.2 Å². The molecule has 0 saturated heterocycles. The molecule has 0 amide bonds. The molecule has 0 fully saturated rings. The van der Waals surface area contributed by atoms with Crippen molar-refractivity contribution in [3.8, 4) is 0 Å². The van der Waals surface area contributed by atoms with Crippen LogP contribution < -0.4 is 5.32 Å². The molecule has 12 heavy (non-hydrogen) atoms. The maximum atomic E-state index is 9.00. The maximum Gasteiger partial charge on any atom is 0.0684 e. The molecule has 1 atom stereocenters. The van der Waals surface area contributed by atoms with E-state index in [-0.39, 0.29) is 6.10 Å². The smallest absolute Gasteiger partial charge is 0.0684 e. The van der Waals surface area contributed by atoms with Gasteiger partial charge in [-0.3, -0.25) is 0 Å². The number of benzene rings is 1. The lowest BCUT2D eigenvalue weighted by Gasteiger charge is -2.07. The second kappa shape index (κ2) is 4.48. The standard InChI is InChI=1S/C9H12BrNO/c1-7(12)6-11-9-4-2-8(10)3-5-9/h2-5,7,11-12H,6H2,1H3/t7-/m0/s1. The molecule has 0 aliphatic heterocycles. The summed E-state index contributed by atoms with van der Waals surface area (Å²) >= 11 is 3.35. The van der Waals surface area contributed by atoms with Crippen molar-refractivity contribution in [2.45, 2.75) is 13.0 Å². The quantitative estimate of drug-likeness (QED) is 0.834. The van der Waals surface area contributed by atoms with Gasteiger partial charge in [-0.15, -0.1) is 0 Å². The first kappa shape index (κ1) is 9.55. The molecule has 0 aromatic heterocycles. The highest BCUT2D eigenvalue weighted by Crippen LogP contribution is 2.13. The summed E-state index contributed by atoms with van der Waals surface area (Å²) in [4.78, 5) is 0. The Labute approximate surface area is 80.7 Å². The van der Waals surface area contributed by atoms with E-state index in [4.69, 9.17) is 5.11 Å². The van der Waals surface area contributed by atoms with Gasteiger partial charge in [0, 0.05) is 16.7 Å². The highest BCUT2D eigenvalue weighted by molar-refractivity contribution is 9.10. The molecular formula is C9H12BrNO. The largest absolute Gasteiger partial charge is 0.392 e. The van der Waals surface area contributed by atoms with E-state index in [0.717, 1.165) is 10.2 Å². The molecule has 0 unspecified atom stereocenters. The molecule has 0 aliphatic carbocycles. The van der Waals surface area contributed by atoms with E-state index in [9.17, 15) is 0 Å². The Kier molecular flexibility index (Phi) is 3.56. The normalized spacial score (nSPS) is 12.6. The van der Waals surface area contributed by atoms with Crippen LogP contribution >= 0.6 is 15.9 Å². The summed E-state index contributed by atoms with van der Waals surface area (Å²) in [6, 6.07) is 7.85. The van der Waals surface area contributed by atoms with Crippen LogP contribution in [0.2, 0.25) is 0 Å². The van der Waals surface area contributed by atoms with Gasteiger partial charge in [-0.2, -0.15) is 0 Å². The van der Waals surface area contributed by atoms with E-state index < -0.39 is 0 Å². The van der Waals surface area contributed by atoms with Crippen LogP contribution in [0.5, 0.6) is 0 Å². The van der Waals surface area contributed by atoms with Crippen LogP contribution in [-0.2, 0) is 0 Å². The summed E-state index contributed by atoms with van der Waals surface area (Å²) in [5.41, 5.74) is 1.03. The van der Waals surface area contributed by atoms with Crippen molar-refractivity contribution in [3.63, 3.8) is 0 Å². The molecule has 3 heteroatoms. The van der Waals surface area contributed by atoms with Crippen molar-refractivity contribution in [1.82, 2.24) is 0 Å². The Hall–Kier alpha value is -0.540. The fourth-order valence-corrected chi connectivity index (χ4v) is 1.10. The van der Waals surface area contributed by atoms with E-state index >= 15 is 0 Å². The van der Waals surface area contributed by atoms with E-state index in [0.29, 0.717) is 6.54 Å². The van der Waals surface area contributed by atoms with E-state index in [1.165, 1.54) is 0 Å². The molecule has 2 N–H and O–H groups in total. The number of aliphatic hydroxyl groups excluding tert-OH is 1. The minimum absolute atomic E-state index is 0.311. The summed E-state index contributed by atoms with van der Waals surface area (Å²) < 4.78 is 1.06. The highest BCUT2D eigenvalue weighted by Gasteiger charge is 1.94. The van der Waals surface area contributed by atoms with Gasteiger partial charge in [0.15, 0.2) is 0 Å². The van der Waals surface area contributed by atoms with Crippen molar-refractivity contribution in [2.75, 3.05) is 11.9 Å². The predicted molar refractivity (Wildman–Crippen MR) is 54.3 cm³/mol. The summed E-state index contributed by atoms with van der Waals surface area (Å²) in [5, 5.41) is 12.1. The number of nitrogens with one attached hydrogen (secondary N) is 1. The highest BCUT2D eigenvalue weighted by atomic mass is 79.9. The maximum absolute atomic E-state index is 9.00. The first-order valence-electron chi connectivity index (χ1n) is 3.86. The molecule has 1 aromatic carbocycles. The molecule has 1 rings (SSSR count). The van der Waals surface area contributed by atoms with Gasteiger partial charge in [0.1, 0.15) is 0 Å². The number of hydrogen-bond donors (Lipinski definition) is 2. The minimum Gasteiger partial charge on any atom is -0.392 e. The van der Waals surface area contributed by atoms with Crippen LogP contribution in [0.15, 0.2) is 28.7 Å². The first-order chi connectivity index (χ1) is 5.68. The van der Waals surface area contributed by atoms with Crippen LogP contribution in [0.3, 0.4) is 0 Å². The first-order valence-corrected chi connectivity index (χ1v) is 4.65. The monoisotopic (exact) mass is 229 g/mol. The molecule has 1 aromatic rings. The number of aliphatic hydroxyl groups is 1. The van der Waals surface area contributed by atoms with Crippen LogP contribution in [0.25, 0.3) is 0 Å². The fourth-order valence-electron chi connectivity index (χ4n) is 0.833. The zero-order chi connectivity index (χ0) is 8.97. The van der Waals surface area contributed by atoms with Gasteiger partial charge in [-0.25, -0.2) is 0 Å². The second-order valence-corrected chi connectivity index (χ2v) is 3.65. The zero-order valence-electron chi connectivity index (χ0n) is 6.92. The van der Waals surface area contributed by atoms with Gasteiger partial charge in [0.05, 0.1) is 6.10 Å². The topological polar surface area (TPSA) is 32.3 Å². The third kappa shape index (κ3) is 3.24.